The average Bonchev–Trinajstić information content (AvgIpc) is 2.94. The van der Waals surface area contributed by atoms with Crippen molar-refractivity contribution >= 4 is 10.0 Å². The van der Waals surface area contributed by atoms with Crippen molar-refractivity contribution in [2.45, 2.75) is 18.4 Å². The first-order valence-electron chi connectivity index (χ1n) is 7.87. The van der Waals surface area contributed by atoms with Gasteiger partial charge in [-0.05, 0) is 55.4 Å². The molecule has 0 saturated carbocycles. The third-order valence-electron chi connectivity index (χ3n) is 4.09. The predicted octanol–water partition coefficient (Wildman–Crippen LogP) is 3.56. The van der Waals surface area contributed by atoms with Crippen molar-refractivity contribution in [2.24, 2.45) is 0 Å². The van der Waals surface area contributed by atoms with Gasteiger partial charge in [0.2, 0.25) is 0 Å². The van der Waals surface area contributed by atoms with E-state index in [-0.39, 0.29) is 4.90 Å². The van der Waals surface area contributed by atoms with Gasteiger partial charge in [0.15, 0.2) is 0 Å². The number of hydrogen-bond acceptors (Lipinski definition) is 3. The van der Waals surface area contributed by atoms with Crippen molar-refractivity contribution in [2.75, 3.05) is 7.05 Å². The van der Waals surface area contributed by atoms with E-state index in [1.807, 2.05) is 43.4 Å². The maximum atomic E-state index is 13.2. The summed E-state index contributed by atoms with van der Waals surface area (Å²) in [5, 5.41) is 3.06. The first-order valence-corrected chi connectivity index (χ1v) is 9.31. The zero-order valence-electron chi connectivity index (χ0n) is 14.0. The van der Waals surface area contributed by atoms with Crippen molar-refractivity contribution in [1.82, 2.24) is 9.29 Å². The number of benzene rings is 2. The second kappa shape index (κ2) is 6.82. The van der Waals surface area contributed by atoms with Gasteiger partial charge in [-0.2, -0.15) is 0 Å². The fraction of sp³-hybridized carbons (Fsp3) is 0.158. The van der Waals surface area contributed by atoms with Crippen LogP contribution in [0.3, 0.4) is 0 Å². The number of halogens is 1. The summed E-state index contributed by atoms with van der Waals surface area (Å²) < 4.78 is 40.9. The SMILES string of the molecule is CNCc1cc(-c2ccccc2)n(S(=O)(=O)c2ccc(F)cc2)c1C. The van der Waals surface area contributed by atoms with Gasteiger partial charge in [-0.1, -0.05) is 30.3 Å². The molecule has 1 aromatic heterocycles. The van der Waals surface area contributed by atoms with Gasteiger partial charge < -0.3 is 5.32 Å². The second-order valence-corrected chi connectivity index (χ2v) is 7.55. The van der Waals surface area contributed by atoms with Gasteiger partial charge in [0.05, 0.1) is 10.6 Å². The van der Waals surface area contributed by atoms with E-state index in [1.54, 1.807) is 6.92 Å². The highest BCUT2D eigenvalue weighted by atomic mass is 32.2. The zero-order valence-corrected chi connectivity index (χ0v) is 14.8. The topological polar surface area (TPSA) is 51.1 Å². The van der Waals surface area contributed by atoms with Gasteiger partial charge in [0, 0.05) is 12.2 Å². The number of aromatic nitrogens is 1. The molecule has 0 atom stereocenters. The second-order valence-electron chi connectivity index (χ2n) is 5.76. The Kier molecular flexibility index (Phi) is 4.74. The van der Waals surface area contributed by atoms with Crippen molar-refractivity contribution in [3.63, 3.8) is 0 Å². The molecule has 1 heterocycles. The molecule has 0 unspecified atom stereocenters. The quantitative estimate of drug-likeness (QED) is 0.759. The third kappa shape index (κ3) is 3.23. The summed E-state index contributed by atoms with van der Waals surface area (Å²) in [6.45, 7) is 2.33. The van der Waals surface area contributed by atoms with Crippen LogP contribution in [0.2, 0.25) is 0 Å². The number of hydrogen-bond donors (Lipinski definition) is 1. The van der Waals surface area contributed by atoms with E-state index < -0.39 is 15.8 Å². The molecule has 0 aliphatic heterocycles. The monoisotopic (exact) mass is 358 g/mol. The standard InChI is InChI=1S/C19H19FN2O2S/c1-14-16(13-21-2)12-19(15-6-4-3-5-7-15)22(14)25(23,24)18-10-8-17(20)9-11-18/h3-12,21H,13H2,1-2H3. The van der Waals surface area contributed by atoms with Crippen LogP contribution in [0, 0.1) is 12.7 Å². The Balaban J connectivity index is 2.25. The zero-order chi connectivity index (χ0) is 18.0. The maximum absolute atomic E-state index is 13.2. The summed E-state index contributed by atoms with van der Waals surface area (Å²) in [5.74, 6) is -0.470. The third-order valence-corrected chi connectivity index (χ3v) is 5.91. The van der Waals surface area contributed by atoms with E-state index in [2.05, 4.69) is 5.32 Å². The minimum Gasteiger partial charge on any atom is -0.316 e. The van der Waals surface area contributed by atoms with Crippen molar-refractivity contribution in [3.8, 4) is 11.3 Å². The van der Waals surface area contributed by atoms with Gasteiger partial charge in [-0.15, -0.1) is 0 Å². The van der Waals surface area contributed by atoms with E-state index in [0.29, 0.717) is 17.9 Å². The first-order chi connectivity index (χ1) is 11.9. The maximum Gasteiger partial charge on any atom is 0.268 e. The molecule has 0 aliphatic rings. The predicted molar refractivity (Wildman–Crippen MR) is 96.4 cm³/mol. The molecule has 0 aliphatic carbocycles. The Labute approximate surface area is 147 Å². The van der Waals surface area contributed by atoms with E-state index in [9.17, 15) is 12.8 Å². The minimum atomic E-state index is -3.84. The lowest BCUT2D eigenvalue weighted by Gasteiger charge is -2.13. The normalized spacial score (nSPS) is 11.6. The van der Waals surface area contributed by atoms with Crippen LogP contribution in [0.1, 0.15) is 11.3 Å². The molecule has 0 bridgehead atoms. The molecular weight excluding hydrogens is 339 g/mol. The molecule has 0 radical (unpaired) electrons. The van der Waals surface area contributed by atoms with Crippen molar-refractivity contribution in [1.29, 1.82) is 0 Å². The molecule has 3 rings (SSSR count). The smallest absolute Gasteiger partial charge is 0.268 e. The lowest BCUT2D eigenvalue weighted by Crippen LogP contribution is -2.16. The van der Waals surface area contributed by atoms with Crippen LogP contribution < -0.4 is 5.32 Å². The Morgan fingerprint density at radius 1 is 1.04 bits per heavy atom. The first kappa shape index (κ1) is 17.4. The molecule has 4 nitrogen and oxygen atoms in total. The lowest BCUT2D eigenvalue weighted by atomic mass is 10.1. The van der Waals surface area contributed by atoms with Crippen molar-refractivity contribution < 1.29 is 12.8 Å². The van der Waals surface area contributed by atoms with E-state index >= 15 is 0 Å². The van der Waals surface area contributed by atoms with Crippen LogP contribution in [0.4, 0.5) is 4.39 Å². The molecule has 0 spiro atoms. The number of nitrogens with zero attached hydrogens (tertiary/aromatic N) is 1. The van der Waals surface area contributed by atoms with E-state index in [0.717, 1.165) is 23.3 Å². The molecule has 130 valence electrons. The molecule has 0 fully saturated rings. The van der Waals surface area contributed by atoms with Crippen LogP contribution in [0.15, 0.2) is 65.6 Å². The van der Waals surface area contributed by atoms with Crippen molar-refractivity contribution in [3.05, 3.63) is 77.7 Å². The summed E-state index contributed by atoms with van der Waals surface area (Å²) in [4.78, 5) is 0.0563. The summed E-state index contributed by atoms with van der Waals surface area (Å²) in [5.41, 5.74) is 2.93. The fourth-order valence-electron chi connectivity index (χ4n) is 2.84. The number of nitrogens with one attached hydrogen (secondary N) is 1. The summed E-state index contributed by atoms with van der Waals surface area (Å²) in [7, 11) is -2.03. The van der Waals surface area contributed by atoms with Crippen LogP contribution >= 0.6 is 0 Å². The lowest BCUT2D eigenvalue weighted by molar-refractivity contribution is 0.585. The Morgan fingerprint density at radius 2 is 1.68 bits per heavy atom. The highest BCUT2D eigenvalue weighted by Crippen LogP contribution is 2.30. The van der Waals surface area contributed by atoms with Gasteiger partial charge >= 0.3 is 0 Å². The molecule has 0 saturated heterocycles. The van der Waals surface area contributed by atoms with Gasteiger partial charge in [0.1, 0.15) is 5.82 Å². The van der Waals surface area contributed by atoms with Crippen LogP contribution in [0.5, 0.6) is 0 Å². The average molecular weight is 358 g/mol. The molecule has 0 amide bonds. The van der Waals surface area contributed by atoms with Crippen LogP contribution in [-0.4, -0.2) is 19.4 Å². The summed E-state index contributed by atoms with van der Waals surface area (Å²) in [6.07, 6.45) is 0. The summed E-state index contributed by atoms with van der Waals surface area (Å²) in [6, 6.07) is 16.1. The largest absolute Gasteiger partial charge is 0.316 e. The van der Waals surface area contributed by atoms with Gasteiger partial charge in [-0.25, -0.2) is 16.8 Å². The Bertz CT molecular complexity index is 978. The fourth-order valence-corrected chi connectivity index (χ4v) is 4.43. The van der Waals surface area contributed by atoms with Crippen LogP contribution in [0.25, 0.3) is 11.3 Å². The molecule has 6 heteroatoms. The number of rotatable bonds is 5. The summed E-state index contributed by atoms with van der Waals surface area (Å²) >= 11 is 0. The van der Waals surface area contributed by atoms with E-state index in [1.165, 1.54) is 16.1 Å². The molecular formula is C19H19FN2O2S. The minimum absolute atomic E-state index is 0.0563. The highest BCUT2D eigenvalue weighted by molar-refractivity contribution is 7.90. The Hall–Kier alpha value is -2.44. The van der Waals surface area contributed by atoms with Gasteiger partial charge in [0.25, 0.3) is 10.0 Å². The van der Waals surface area contributed by atoms with Crippen LogP contribution in [-0.2, 0) is 16.6 Å². The van der Waals surface area contributed by atoms with Gasteiger partial charge in [-0.3, -0.25) is 0 Å². The molecule has 25 heavy (non-hydrogen) atoms. The van der Waals surface area contributed by atoms with E-state index in [4.69, 9.17) is 0 Å². The Morgan fingerprint density at radius 3 is 2.28 bits per heavy atom. The molecule has 2 aromatic carbocycles. The molecule has 3 aromatic rings. The molecule has 1 N–H and O–H groups in total. The highest BCUT2D eigenvalue weighted by Gasteiger charge is 2.25.